The Morgan fingerprint density at radius 2 is 0.907 bits per heavy atom. The third-order valence-corrected chi connectivity index (χ3v) is 6.64. The van der Waals surface area contributed by atoms with E-state index in [9.17, 15) is 90.0 Å². The summed E-state index contributed by atoms with van der Waals surface area (Å²) in [7, 11) is 0. The van der Waals surface area contributed by atoms with Crippen molar-refractivity contribution < 1.29 is 94.4 Å². The minimum absolute atomic E-state index is 0.179. The highest BCUT2D eigenvalue weighted by Crippen LogP contribution is 2.64. The second-order valence-corrected chi connectivity index (χ2v) is 9.70. The number of aliphatic hydroxyl groups excluding tert-OH is 3. The molecule has 0 saturated heterocycles. The summed E-state index contributed by atoms with van der Waals surface area (Å²) in [5.74, 6) is -57.6. The van der Waals surface area contributed by atoms with Crippen LogP contribution in [0, 0.1) is 0 Å². The Morgan fingerprint density at radius 3 is 1.26 bits per heavy atom. The molecular formula is C22H23F17NO3+. The number of alkyl halides is 17. The number of nitrogens with zero attached hydrogens (tertiary/aromatic N) is 1. The summed E-state index contributed by atoms with van der Waals surface area (Å²) in [6.07, 6.45) is -17.8. The first-order chi connectivity index (χ1) is 18.8. The van der Waals surface area contributed by atoms with Gasteiger partial charge in [0.25, 0.3) is 0 Å². The van der Waals surface area contributed by atoms with Crippen LogP contribution in [-0.4, -0.2) is 92.5 Å². The molecule has 0 radical (unpaired) electrons. The predicted molar refractivity (Wildman–Crippen MR) is 110 cm³/mol. The van der Waals surface area contributed by atoms with E-state index in [0.717, 1.165) is 13.8 Å². The smallest absolute Gasteiger partial charge is 0.387 e. The van der Waals surface area contributed by atoms with Crippen molar-refractivity contribution in [2.24, 2.45) is 0 Å². The minimum Gasteiger partial charge on any atom is -0.387 e. The van der Waals surface area contributed by atoms with Crippen molar-refractivity contribution in [1.82, 2.24) is 0 Å². The number of hydrogen-bond donors (Lipinski definition) is 3. The van der Waals surface area contributed by atoms with E-state index in [0.29, 0.717) is 0 Å². The number of rotatable bonds is 14. The summed E-state index contributed by atoms with van der Waals surface area (Å²) >= 11 is 0. The standard InChI is InChI=1S/C22H23F17NO3/c1-11(41)40(12(2)42,9-13-6-4-3-5-7-13)10-14(43)8-15(23,24)16(25,26)17(27,28)18(29,30)19(31,32)20(33,34)21(35,36)22(37,38)39/h3-7,11-12,14,41-43H,8-10H2,1-2H3/q+1. The lowest BCUT2D eigenvalue weighted by molar-refractivity contribution is -1.02. The summed E-state index contributed by atoms with van der Waals surface area (Å²) in [6, 6.07) is 6.85. The van der Waals surface area contributed by atoms with Crippen molar-refractivity contribution in [3.8, 4) is 0 Å². The number of aliphatic hydroxyl groups is 3. The molecule has 0 amide bonds. The van der Waals surface area contributed by atoms with Crippen LogP contribution >= 0.6 is 0 Å². The maximum atomic E-state index is 14.4. The van der Waals surface area contributed by atoms with Gasteiger partial charge in [0.1, 0.15) is 19.2 Å². The number of halogens is 17. The predicted octanol–water partition coefficient (Wildman–Crippen LogP) is 6.44. The molecule has 1 aromatic rings. The molecule has 4 nitrogen and oxygen atoms in total. The van der Waals surface area contributed by atoms with Gasteiger partial charge in [0.15, 0.2) is 12.5 Å². The zero-order chi connectivity index (χ0) is 34.5. The normalized spacial score (nSPS) is 18.7. The fourth-order valence-electron chi connectivity index (χ4n) is 3.95. The van der Waals surface area contributed by atoms with Crippen molar-refractivity contribution in [2.75, 3.05) is 6.54 Å². The molecule has 0 fully saturated rings. The molecule has 43 heavy (non-hydrogen) atoms. The maximum absolute atomic E-state index is 14.4. The number of hydrogen-bond acceptors (Lipinski definition) is 3. The maximum Gasteiger partial charge on any atom is 0.460 e. The van der Waals surface area contributed by atoms with Crippen LogP contribution in [0.3, 0.4) is 0 Å². The lowest BCUT2D eigenvalue weighted by Gasteiger charge is -2.45. The Bertz CT molecular complexity index is 1070. The zero-order valence-electron chi connectivity index (χ0n) is 21.5. The summed E-state index contributed by atoms with van der Waals surface area (Å²) in [4.78, 5) is 0. The highest BCUT2D eigenvalue weighted by atomic mass is 19.4. The SMILES string of the molecule is CC(O)[N+](Cc1ccccc1)(CC(O)CC(F)(F)C(F)(F)C(F)(F)C(F)(F)C(F)(F)C(F)(F)C(F)(F)C(F)(F)F)C(C)O. The van der Waals surface area contributed by atoms with Crippen molar-refractivity contribution in [3.05, 3.63) is 35.9 Å². The fraction of sp³-hybridized carbons (Fsp3) is 0.727. The van der Waals surface area contributed by atoms with Crippen molar-refractivity contribution in [3.63, 3.8) is 0 Å². The topological polar surface area (TPSA) is 60.7 Å². The Balaban J connectivity index is 3.53. The first-order valence-electron chi connectivity index (χ1n) is 11.5. The molecule has 0 bridgehead atoms. The van der Waals surface area contributed by atoms with Crippen LogP contribution in [0.5, 0.6) is 0 Å². The fourth-order valence-corrected chi connectivity index (χ4v) is 3.95. The summed E-state index contributed by atoms with van der Waals surface area (Å²) in [5, 5.41) is 30.4. The van der Waals surface area contributed by atoms with Gasteiger partial charge >= 0.3 is 47.6 Å². The van der Waals surface area contributed by atoms with E-state index in [1.807, 2.05) is 0 Å². The quantitative estimate of drug-likeness (QED) is 0.121. The molecular weight excluding hydrogens is 649 g/mol. The largest absolute Gasteiger partial charge is 0.460 e. The Morgan fingerprint density at radius 1 is 0.558 bits per heavy atom. The number of quaternary nitrogens is 1. The molecule has 1 aromatic carbocycles. The second-order valence-electron chi connectivity index (χ2n) is 9.70. The van der Waals surface area contributed by atoms with Crippen LogP contribution < -0.4 is 0 Å². The minimum atomic E-state index is -8.75. The molecule has 0 aliphatic carbocycles. The lowest BCUT2D eigenvalue weighted by atomic mass is 9.87. The third-order valence-electron chi connectivity index (χ3n) is 6.64. The van der Waals surface area contributed by atoms with Crippen LogP contribution in [-0.2, 0) is 6.54 Å². The first kappa shape index (κ1) is 38.9. The zero-order valence-corrected chi connectivity index (χ0v) is 21.5. The highest BCUT2D eigenvalue weighted by molar-refractivity contribution is 5.15. The van der Waals surface area contributed by atoms with E-state index >= 15 is 0 Å². The molecule has 21 heteroatoms. The van der Waals surface area contributed by atoms with Gasteiger partial charge in [-0.05, 0) is 0 Å². The third kappa shape index (κ3) is 6.22. The van der Waals surface area contributed by atoms with Gasteiger partial charge in [-0.15, -0.1) is 0 Å². The highest BCUT2D eigenvalue weighted by Gasteiger charge is 2.95. The molecule has 0 aliphatic rings. The van der Waals surface area contributed by atoms with E-state index in [2.05, 4.69) is 0 Å². The average molecular weight is 672 g/mol. The second kappa shape index (κ2) is 11.7. The van der Waals surface area contributed by atoms with Gasteiger partial charge in [-0.2, -0.15) is 74.6 Å². The first-order valence-corrected chi connectivity index (χ1v) is 11.5. The van der Waals surface area contributed by atoms with E-state index < -0.39 is 90.2 Å². The molecule has 0 heterocycles. The molecule has 252 valence electrons. The van der Waals surface area contributed by atoms with Crippen molar-refractivity contribution in [2.45, 2.75) is 93.0 Å². The monoisotopic (exact) mass is 672 g/mol. The molecule has 1 rings (SSSR count). The molecule has 3 unspecified atom stereocenters. The van der Waals surface area contributed by atoms with Crippen LogP contribution in [0.4, 0.5) is 74.6 Å². The average Bonchev–Trinajstić information content (AvgIpc) is 2.82. The molecule has 3 atom stereocenters. The van der Waals surface area contributed by atoms with Gasteiger partial charge in [-0.25, -0.2) is 0 Å². The molecule has 0 saturated carbocycles. The Kier molecular flexibility index (Phi) is 10.5. The number of benzene rings is 1. The van der Waals surface area contributed by atoms with E-state index in [1.165, 1.54) is 30.3 Å². The van der Waals surface area contributed by atoms with Gasteiger partial charge in [-0.3, -0.25) is 4.48 Å². The summed E-state index contributed by atoms with van der Waals surface area (Å²) < 4.78 is 228. The molecule has 0 aliphatic heterocycles. The molecule has 0 spiro atoms. The van der Waals surface area contributed by atoms with Gasteiger partial charge in [0.2, 0.25) is 0 Å². The van der Waals surface area contributed by atoms with E-state index in [1.54, 1.807) is 0 Å². The van der Waals surface area contributed by atoms with Gasteiger partial charge in [0.05, 0.1) is 0 Å². The van der Waals surface area contributed by atoms with Crippen LogP contribution in [0.25, 0.3) is 0 Å². The lowest BCUT2D eigenvalue weighted by Crippen LogP contribution is -2.74. The van der Waals surface area contributed by atoms with Crippen LogP contribution in [0.2, 0.25) is 0 Å². The van der Waals surface area contributed by atoms with Crippen LogP contribution in [0.15, 0.2) is 30.3 Å². The Labute approximate surface area is 230 Å². The van der Waals surface area contributed by atoms with Crippen molar-refractivity contribution in [1.29, 1.82) is 0 Å². The van der Waals surface area contributed by atoms with Gasteiger partial charge in [-0.1, -0.05) is 30.3 Å². The summed E-state index contributed by atoms with van der Waals surface area (Å²) in [5.41, 5.74) is 0.179. The van der Waals surface area contributed by atoms with Crippen molar-refractivity contribution >= 4 is 0 Å². The van der Waals surface area contributed by atoms with Gasteiger partial charge in [0, 0.05) is 25.8 Å². The van der Waals surface area contributed by atoms with E-state index in [-0.39, 0.29) is 5.56 Å². The Hall–Kier alpha value is -2.13. The van der Waals surface area contributed by atoms with Gasteiger partial charge < -0.3 is 15.3 Å². The van der Waals surface area contributed by atoms with E-state index in [4.69, 9.17) is 0 Å². The molecule has 3 N–H and O–H groups in total. The summed E-state index contributed by atoms with van der Waals surface area (Å²) in [6.45, 7) is -0.312. The van der Waals surface area contributed by atoms with Crippen LogP contribution in [0.1, 0.15) is 25.8 Å². The molecule has 0 aromatic heterocycles.